The van der Waals surface area contributed by atoms with Gasteiger partial charge >= 0.3 is 5.97 Å². The Hall–Kier alpha value is -2.45. The van der Waals surface area contributed by atoms with Crippen LogP contribution in [0.5, 0.6) is 0 Å². The number of hydrogen-bond donors (Lipinski definition) is 1. The molecule has 1 aromatic heterocycles. The van der Waals surface area contributed by atoms with Crippen LogP contribution in [0.15, 0.2) is 45.7 Å². The van der Waals surface area contributed by atoms with Crippen LogP contribution in [0.4, 0.5) is 4.39 Å². The topological polar surface area (TPSA) is 70.8 Å². The SMILES string of the molecule is CCC[C@@H](C(=O)O)N1C(=O)/C(=C/c2ccc(-c3ccccc3F)o2)SC1=S. The number of rotatable bonds is 6. The standard InChI is InChI=1S/C19H16FNO4S2/c1-2-5-14(18(23)24)21-17(22)16(27-19(21)26)10-11-8-9-15(25-11)12-6-3-4-7-13(12)20/h3-4,6-10,14H,2,5H2,1H3,(H,23,24)/b16-10-/t14-/m0/s1. The van der Waals surface area contributed by atoms with Gasteiger partial charge in [0.2, 0.25) is 0 Å². The zero-order valence-electron chi connectivity index (χ0n) is 14.3. The highest BCUT2D eigenvalue weighted by atomic mass is 32.2. The van der Waals surface area contributed by atoms with E-state index in [1.807, 2.05) is 6.92 Å². The van der Waals surface area contributed by atoms with Gasteiger partial charge in [-0.2, -0.15) is 0 Å². The first-order valence-electron chi connectivity index (χ1n) is 8.27. The number of carbonyl (C=O) groups excluding carboxylic acids is 1. The van der Waals surface area contributed by atoms with Crippen LogP contribution in [0.1, 0.15) is 25.5 Å². The Labute approximate surface area is 164 Å². The predicted molar refractivity (Wildman–Crippen MR) is 105 cm³/mol. The number of furan rings is 1. The Morgan fingerprint density at radius 2 is 2.11 bits per heavy atom. The summed E-state index contributed by atoms with van der Waals surface area (Å²) >= 11 is 6.23. The van der Waals surface area contributed by atoms with E-state index in [1.165, 1.54) is 12.1 Å². The van der Waals surface area contributed by atoms with Gasteiger partial charge < -0.3 is 9.52 Å². The van der Waals surface area contributed by atoms with E-state index in [-0.39, 0.29) is 9.23 Å². The molecule has 8 heteroatoms. The maximum absolute atomic E-state index is 13.9. The van der Waals surface area contributed by atoms with Gasteiger partial charge in [0.1, 0.15) is 27.7 Å². The third-order valence-corrected chi connectivity index (χ3v) is 5.35. The van der Waals surface area contributed by atoms with E-state index < -0.39 is 23.7 Å². The number of benzene rings is 1. The molecule has 1 aliphatic heterocycles. The maximum Gasteiger partial charge on any atom is 0.326 e. The number of carboxylic acid groups (broad SMARTS) is 1. The zero-order valence-corrected chi connectivity index (χ0v) is 16.0. The summed E-state index contributed by atoms with van der Waals surface area (Å²) in [5.74, 6) is -1.27. The summed E-state index contributed by atoms with van der Waals surface area (Å²) in [6, 6.07) is 8.47. The Bertz CT molecular complexity index is 937. The molecule has 0 spiro atoms. The smallest absolute Gasteiger partial charge is 0.326 e. The molecule has 1 N–H and O–H groups in total. The van der Waals surface area contributed by atoms with Crippen LogP contribution in [-0.4, -0.2) is 32.2 Å². The number of carboxylic acids is 1. The third-order valence-electron chi connectivity index (χ3n) is 4.02. The first-order chi connectivity index (χ1) is 12.9. The van der Waals surface area contributed by atoms with Crippen LogP contribution in [0, 0.1) is 5.82 Å². The normalized spacial score (nSPS) is 17.0. The highest BCUT2D eigenvalue weighted by molar-refractivity contribution is 8.26. The van der Waals surface area contributed by atoms with Crippen LogP contribution in [-0.2, 0) is 9.59 Å². The summed E-state index contributed by atoms with van der Waals surface area (Å²) in [5.41, 5.74) is 0.318. The molecule has 27 heavy (non-hydrogen) atoms. The molecule has 140 valence electrons. The minimum absolute atomic E-state index is 0.202. The molecule has 0 saturated carbocycles. The average molecular weight is 405 g/mol. The van der Waals surface area contributed by atoms with Gasteiger partial charge in [-0.1, -0.05) is 49.5 Å². The molecule has 3 rings (SSSR count). The van der Waals surface area contributed by atoms with Gasteiger partial charge in [0.25, 0.3) is 5.91 Å². The highest BCUT2D eigenvalue weighted by Gasteiger charge is 2.40. The number of nitrogens with zero attached hydrogens (tertiary/aromatic N) is 1. The lowest BCUT2D eigenvalue weighted by molar-refractivity contribution is -0.145. The number of halogens is 1. The van der Waals surface area contributed by atoms with E-state index in [0.29, 0.717) is 29.9 Å². The molecule has 2 heterocycles. The largest absolute Gasteiger partial charge is 0.480 e. The van der Waals surface area contributed by atoms with Gasteiger partial charge in [-0.25, -0.2) is 9.18 Å². The lowest BCUT2D eigenvalue weighted by Gasteiger charge is -2.22. The van der Waals surface area contributed by atoms with Crippen molar-refractivity contribution in [2.24, 2.45) is 0 Å². The van der Waals surface area contributed by atoms with Crippen molar-refractivity contribution < 1.29 is 23.5 Å². The lowest BCUT2D eigenvalue weighted by atomic mass is 10.1. The summed E-state index contributed by atoms with van der Waals surface area (Å²) in [6.07, 6.45) is 2.42. The van der Waals surface area contributed by atoms with Crippen molar-refractivity contribution >= 4 is 46.3 Å². The molecule has 0 radical (unpaired) electrons. The molecular weight excluding hydrogens is 389 g/mol. The average Bonchev–Trinajstić information content (AvgIpc) is 3.19. The van der Waals surface area contributed by atoms with Crippen LogP contribution < -0.4 is 0 Å². The van der Waals surface area contributed by atoms with Gasteiger partial charge in [0, 0.05) is 6.08 Å². The second-order valence-electron chi connectivity index (χ2n) is 5.88. The number of thioether (sulfide) groups is 1. The van der Waals surface area contributed by atoms with Crippen molar-refractivity contribution in [1.82, 2.24) is 4.90 Å². The number of aliphatic carboxylic acids is 1. The Kier molecular flexibility index (Phi) is 5.76. The first kappa shape index (κ1) is 19.3. The van der Waals surface area contributed by atoms with Crippen molar-refractivity contribution in [3.05, 3.63) is 52.9 Å². The third kappa shape index (κ3) is 3.96. The van der Waals surface area contributed by atoms with Gasteiger partial charge in [0.15, 0.2) is 0 Å². The van der Waals surface area contributed by atoms with Crippen LogP contribution >= 0.6 is 24.0 Å². The van der Waals surface area contributed by atoms with Gasteiger partial charge in [-0.15, -0.1) is 0 Å². The minimum Gasteiger partial charge on any atom is -0.480 e. The molecule has 0 unspecified atom stereocenters. The molecule has 2 aromatic rings. The quantitative estimate of drug-likeness (QED) is 0.562. The molecule has 5 nitrogen and oxygen atoms in total. The van der Waals surface area contributed by atoms with Crippen molar-refractivity contribution in [2.45, 2.75) is 25.8 Å². The first-order valence-corrected chi connectivity index (χ1v) is 9.49. The molecule has 0 bridgehead atoms. The van der Waals surface area contributed by atoms with Crippen LogP contribution in [0.25, 0.3) is 17.4 Å². The summed E-state index contributed by atoms with van der Waals surface area (Å²) in [7, 11) is 0. The van der Waals surface area contributed by atoms with Crippen LogP contribution in [0.2, 0.25) is 0 Å². The van der Waals surface area contributed by atoms with Crippen LogP contribution in [0.3, 0.4) is 0 Å². The second kappa shape index (κ2) is 8.06. The zero-order chi connectivity index (χ0) is 19.6. The Balaban J connectivity index is 1.86. The molecule has 1 aliphatic rings. The van der Waals surface area contributed by atoms with Gasteiger partial charge in [-0.3, -0.25) is 9.69 Å². The Morgan fingerprint density at radius 3 is 2.78 bits per heavy atom. The summed E-state index contributed by atoms with van der Waals surface area (Å²) in [4.78, 5) is 25.6. The van der Waals surface area contributed by atoms with Gasteiger partial charge in [-0.05, 0) is 30.7 Å². The molecule has 1 saturated heterocycles. The molecular formula is C19H16FNO4S2. The molecule has 1 aromatic carbocycles. The molecule has 1 fully saturated rings. The van der Waals surface area contributed by atoms with Crippen molar-refractivity contribution in [3.63, 3.8) is 0 Å². The summed E-state index contributed by atoms with van der Waals surface area (Å²) in [5, 5.41) is 9.40. The number of thiocarbonyl (C=S) groups is 1. The fourth-order valence-electron chi connectivity index (χ4n) is 2.75. The fraction of sp³-hybridized carbons (Fsp3) is 0.211. The van der Waals surface area contributed by atoms with E-state index in [1.54, 1.807) is 30.3 Å². The lowest BCUT2D eigenvalue weighted by Crippen LogP contribution is -2.43. The maximum atomic E-state index is 13.9. The molecule has 1 atom stereocenters. The van der Waals surface area contributed by atoms with Crippen molar-refractivity contribution in [1.29, 1.82) is 0 Å². The number of amides is 1. The van der Waals surface area contributed by atoms with Gasteiger partial charge in [0.05, 0.1) is 10.5 Å². The Morgan fingerprint density at radius 1 is 1.37 bits per heavy atom. The number of carbonyl (C=O) groups is 2. The summed E-state index contributed by atoms with van der Waals surface area (Å²) < 4.78 is 19.7. The summed E-state index contributed by atoms with van der Waals surface area (Å²) in [6.45, 7) is 1.84. The molecule has 1 amide bonds. The minimum atomic E-state index is -1.09. The van der Waals surface area contributed by atoms with E-state index in [4.69, 9.17) is 16.6 Å². The monoisotopic (exact) mass is 405 g/mol. The van der Waals surface area contributed by atoms with E-state index in [2.05, 4.69) is 0 Å². The second-order valence-corrected chi connectivity index (χ2v) is 7.55. The van der Waals surface area contributed by atoms with E-state index >= 15 is 0 Å². The van der Waals surface area contributed by atoms with E-state index in [0.717, 1.165) is 16.7 Å². The highest BCUT2D eigenvalue weighted by Crippen LogP contribution is 2.35. The predicted octanol–water partition coefficient (Wildman–Crippen LogP) is 4.54. The van der Waals surface area contributed by atoms with E-state index in [9.17, 15) is 19.1 Å². The van der Waals surface area contributed by atoms with Crippen molar-refractivity contribution in [2.75, 3.05) is 0 Å². The number of hydrogen-bond acceptors (Lipinski definition) is 5. The fourth-order valence-corrected chi connectivity index (χ4v) is 4.09. The van der Waals surface area contributed by atoms with Crippen molar-refractivity contribution in [3.8, 4) is 11.3 Å². The molecule has 0 aliphatic carbocycles.